The number of nitrogens with zero attached hydrogens (tertiary/aromatic N) is 3. The first kappa shape index (κ1) is 13.8. The third-order valence-electron chi connectivity index (χ3n) is 2.76. The summed E-state index contributed by atoms with van der Waals surface area (Å²) in [6.45, 7) is 2.25. The van der Waals surface area contributed by atoms with Crippen LogP contribution in [0.5, 0.6) is 0 Å². The summed E-state index contributed by atoms with van der Waals surface area (Å²) in [5.41, 5.74) is 0.720. The standard InChI is InChI=1S/C15H11N3OS/c1-2-18-14(19)13(8-11-6-4-3-5-7-11)20-15(18)12(9-16)10-17/h3-8H,2H2,1H3/b13-8-. The Labute approximate surface area is 119 Å². The van der Waals surface area contributed by atoms with Crippen molar-refractivity contribution in [2.45, 2.75) is 13.5 Å². The molecule has 0 bridgehead atoms. The topological polar surface area (TPSA) is 69.6 Å². The van der Waals surface area contributed by atoms with E-state index in [1.807, 2.05) is 49.4 Å². The van der Waals surface area contributed by atoms with Crippen molar-refractivity contribution in [1.29, 1.82) is 10.5 Å². The minimum absolute atomic E-state index is 0.0262. The van der Waals surface area contributed by atoms with Gasteiger partial charge in [-0.3, -0.25) is 9.36 Å². The first-order chi connectivity index (χ1) is 9.71. The van der Waals surface area contributed by atoms with E-state index < -0.39 is 0 Å². The van der Waals surface area contributed by atoms with Crippen LogP contribution in [-0.4, -0.2) is 4.57 Å². The lowest BCUT2D eigenvalue weighted by Gasteiger charge is -1.93. The molecule has 1 aromatic carbocycles. The highest BCUT2D eigenvalue weighted by atomic mass is 32.1. The van der Waals surface area contributed by atoms with Crippen LogP contribution in [0, 0.1) is 22.7 Å². The van der Waals surface area contributed by atoms with Gasteiger partial charge in [-0.2, -0.15) is 10.5 Å². The van der Waals surface area contributed by atoms with Crippen molar-refractivity contribution in [1.82, 2.24) is 4.57 Å². The fourth-order valence-corrected chi connectivity index (χ4v) is 2.93. The van der Waals surface area contributed by atoms with Gasteiger partial charge in [0.15, 0.2) is 5.57 Å². The van der Waals surface area contributed by atoms with Crippen molar-refractivity contribution in [3.8, 4) is 12.1 Å². The summed E-state index contributed by atoms with van der Waals surface area (Å²) in [6.07, 6.45) is 1.77. The molecule has 0 aliphatic rings. The normalized spacial score (nSPS) is 10.8. The SMILES string of the molecule is CCn1c(=C(C#N)C#N)s/c(=C\c2ccccc2)c1=O. The Morgan fingerprint density at radius 3 is 2.50 bits per heavy atom. The summed E-state index contributed by atoms with van der Waals surface area (Å²) in [4.78, 5) is 12.3. The van der Waals surface area contributed by atoms with Crippen molar-refractivity contribution in [2.24, 2.45) is 0 Å². The molecule has 1 aromatic heterocycles. The molecule has 0 saturated carbocycles. The zero-order chi connectivity index (χ0) is 14.5. The van der Waals surface area contributed by atoms with Crippen molar-refractivity contribution >= 4 is 23.0 Å². The minimum atomic E-state index is -0.167. The number of benzene rings is 1. The van der Waals surface area contributed by atoms with Gasteiger partial charge in [0, 0.05) is 6.54 Å². The quantitative estimate of drug-likeness (QED) is 0.823. The molecule has 0 fully saturated rings. The zero-order valence-corrected chi connectivity index (χ0v) is 11.6. The Bertz CT molecular complexity index is 860. The van der Waals surface area contributed by atoms with Crippen molar-refractivity contribution < 1.29 is 0 Å². The van der Waals surface area contributed by atoms with Gasteiger partial charge in [-0.05, 0) is 18.6 Å². The maximum Gasteiger partial charge on any atom is 0.269 e. The van der Waals surface area contributed by atoms with Crippen LogP contribution in [0.2, 0.25) is 0 Å². The molecule has 4 nitrogen and oxygen atoms in total. The van der Waals surface area contributed by atoms with E-state index in [0.29, 0.717) is 15.7 Å². The number of rotatable bonds is 2. The number of thiazole rings is 1. The highest BCUT2D eigenvalue weighted by molar-refractivity contribution is 7.07. The molecule has 0 aliphatic carbocycles. The van der Waals surface area contributed by atoms with Crippen molar-refractivity contribution in [3.63, 3.8) is 0 Å². The Balaban J connectivity index is 2.82. The second kappa shape index (κ2) is 6.01. The van der Waals surface area contributed by atoms with Crippen LogP contribution in [0.15, 0.2) is 35.1 Å². The number of hydrogen-bond donors (Lipinski definition) is 0. The average Bonchev–Trinajstić information content (AvgIpc) is 2.78. The van der Waals surface area contributed by atoms with Crippen LogP contribution in [-0.2, 0) is 6.54 Å². The molecule has 1 heterocycles. The highest BCUT2D eigenvalue weighted by Crippen LogP contribution is 1.98. The molecular formula is C15H11N3OS. The Kier molecular flexibility index (Phi) is 4.14. The van der Waals surface area contributed by atoms with Crippen molar-refractivity contribution in [3.05, 3.63) is 55.4 Å². The Morgan fingerprint density at radius 1 is 1.30 bits per heavy atom. The molecule has 5 heteroatoms. The minimum Gasteiger partial charge on any atom is -0.298 e. The van der Waals surface area contributed by atoms with Gasteiger partial charge in [0.1, 0.15) is 16.8 Å². The Hall–Kier alpha value is -2.63. The number of nitriles is 2. The molecular weight excluding hydrogens is 270 g/mol. The number of aromatic nitrogens is 1. The largest absolute Gasteiger partial charge is 0.298 e. The van der Waals surface area contributed by atoms with Gasteiger partial charge in [0.2, 0.25) is 0 Å². The predicted molar refractivity (Wildman–Crippen MR) is 78.1 cm³/mol. The second-order valence-corrected chi connectivity index (χ2v) is 5.01. The van der Waals surface area contributed by atoms with Gasteiger partial charge in [-0.15, -0.1) is 11.3 Å². The predicted octanol–water partition coefficient (Wildman–Crippen LogP) is 0.956. The fourth-order valence-electron chi connectivity index (χ4n) is 1.81. The summed E-state index contributed by atoms with van der Waals surface area (Å²) in [5.74, 6) is 0. The summed E-state index contributed by atoms with van der Waals surface area (Å²) >= 11 is 1.18. The molecule has 2 rings (SSSR count). The maximum atomic E-state index is 12.3. The molecule has 0 unspecified atom stereocenters. The monoisotopic (exact) mass is 281 g/mol. The van der Waals surface area contributed by atoms with E-state index in [-0.39, 0.29) is 11.1 Å². The van der Waals surface area contributed by atoms with Crippen LogP contribution in [0.25, 0.3) is 11.6 Å². The van der Waals surface area contributed by atoms with Crippen LogP contribution in [0.3, 0.4) is 0 Å². The fraction of sp³-hybridized carbons (Fsp3) is 0.133. The summed E-state index contributed by atoms with van der Waals surface area (Å²) in [5, 5.41) is 17.9. The first-order valence-electron chi connectivity index (χ1n) is 6.02. The molecule has 0 atom stereocenters. The van der Waals surface area contributed by atoms with E-state index in [1.165, 1.54) is 15.9 Å². The maximum absolute atomic E-state index is 12.3. The lowest BCUT2D eigenvalue weighted by molar-refractivity contribution is 0.722. The molecule has 0 radical (unpaired) electrons. The van der Waals surface area contributed by atoms with E-state index in [4.69, 9.17) is 10.5 Å². The molecule has 20 heavy (non-hydrogen) atoms. The number of hydrogen-bond acceptors (Lipinski definition) is 4. The second-order valence-electron chi connectivity index (χ2n) is 3.97. The third-order valence-corrected chi connectivity index (χ3v) is 3.89. The van der Waals surface area contributed by atoms with E-state index in [9.17, 15) is 4.79 Å². The van der Waals surface area contributed by atoms with E-state index in [2.05, 4.69) is 0 Å². The summed E-state index contributed by atoms with van der Waals surface area (Å²) in [6, 6.07) is 13.2. The molecule has 98 valence electrons. The molecule has 0 spiro atoms. The van der Waals surface area contributed by atoms with Crippen LogP contribution in [0.1, 0.15) is 12.5 Å². The van der Waals surface area contributed by atoms with Crippen molar-refractivity contribution in [2.75, 3.05) is 0 Å². The molecule has 0 N–H and O–H groups in total. The smallest absolute Gasteiger partial charge is 0.269 e. The lowest BCUT2D eigenvalue weighted by Crippen LogP contribution is -2.31. The third kappa shape index (κ3) is 2.54. The van der Waals surface area contributed by atoms with E-state index >= 15 is 0 Å². The molecule has 0 saturated heterocycles. The highest BCUT2D eigenvalue weighted by Gasteiger charge is 2.07. The average molecular weight is 281 g/mol. The van der Waals surface area contributed by atoms with Crippen LogP contribution < -0.4 is 14.8 Å². The molecule has 2 aromatic rings. The summed E-state index contributed by atoms with van der Waals surface area (Å²) in [7, 11) is 0. The van der Waals surface area contributed by atoms with Gasteiger partial charge in [0.05, 0.1) is 4.53 Å². The zero-order valence-electron chi connectivity index (χ0n) is 10.8. The van der Waals surface area contributed by atoms with Gasteiger partial charge >= 0.3 is 0 Å². The van der Waals surface area contributed by atoms with Gasteiger partial charge in [0.25, 0.3) is 5.56 Å². The first-order valence-corrected chi connectivity index (χ1v) is 6.83. The van der Waals surface area contributed by atoms with Crippen LogP contribution >= 0.6 is 11.3 Å². The molecule has 0 amide bonds. The molecule has 0 aliphatic heterocycles. The van der Waals surface area contributed by atoms with E-state index in [1.54, 1.807) is 6.08 Å². The lowest BCUT2D eigenvalue weighted by atomic mass is 10.2. The van der Waals surface area contributed by atoms with Gasteiger partial charge in [-0.1, -0.05) is 30.3 Å². The Morgan fingerprint density at radius 2 is 1.95 bits per heavy atom. The van der Waals surface area contributed by atoms with Crippen LogP contribution in [0.4, 0.5) is 0 Å². The van der Waals surface area contributed by atoms with Gasteiger partial charge < -0.3 is 0 Å². The van der Waals surface area contributed by atoms with E-state index in [0.717, 1.165) is 5.56 Å². The summed E-state index contributed by atoms with van der Waals surface area (Å²) < 4.78 is 2.40. The van der Waals surface area contributed by atoms with Gasteiger partial charge in [-0.25, -0.2) is 0 Å².